The zero-order valence-electron chi connectivity index (χ0n) is 15.2. The molecule has 1 atom stereocenters. The lowest BCUT2D eigenvalue weighted by Crippen LogP contribution is -1.99. The number of benzene rings is 2. The zero-order chi connectivity index (χ0) is 19.9. The minimum atomic E-state index is -3.30. The standard InChI is InChI=1S/C20H17N3O3S2/c1-27(24)16-8-6-14(7-9-16)19-13-21-20-11-10-18(22-23(19)20)15-4-3-5-17(12-15)28(2,25)26/h3-13H,1-2H3. The highest BCUT2D eigenvalue weighted by Gasteiger charge is 2.12. The van der Waals surface area contributed by atoms with E-state index in [0.29, 0.717) is 16.9 Å². The normalized spacial score (nSPS) is 12.9. The van der Waals surface area contributed by atoms with E-state index in [1.807, 2.05) is 42.5 Å². The van der Waals surface area contributed by atoms with Crippen molar-refractivity contribution in [3.8, 4) is 22.5 Å². The fourth-order valence-electron chi connectivity index (χ4n) is 2.93. The number of imidazole rings is 1. The van der Waals surface area contributed by atoms with Gasteiger partial charge in [0.1, 0.15) is 0 Å². The van der Waals surface area contributed by atoms with Crippen molar-refractivity contribution in [2.75, 3.05) is 12.5 Å². The van der Waals surface area contributed by atoms with E-state index in [2.05, 4.69) is 10.1 Å². The quantitative estimate of drug-likeness (QED) is 0.515. The molecule has 2 aromatic carbocycles. The highest BCUT2D eigenvalue weighted by atomic mass is 32.2. The van der Waals surface area contributed by atoms with E-state index < -0.39 is 20.6 Å². The first-order chi connectivity index (χ1) is 13.3. The van der Waals surface area contributed by atoms with Crippen molar-refractivity contribution in [2.24, 2.45) is 0 Å². The molecule has 8 heteroatoms. The average Bonchev–Trinajstić information content (AvgIpc) is 3.10. The molecule has 142 valence electrons. The molecule has 0 saturated heterocycles. The van der Waals surface area contributed by atoms with E-state index in [4.69, 9.17) is 0 Å². The summed E-state index contributed by atoms with van der Waals surface area (Å²) in [6.45, 7) is 0. The molecule has 0 fully saturated rings. The molecule has 0 bridgehead atoms. The first-order valence-corrected chi connectivity index (χ1v) is 11.9. The molecule has 0 spiro atoms. The van der Waals surface area contributed by atoms with Crippen molar-refractivity contribution in [1.82, 2.24) is 14.6 Å². The van der Waals surface area contributed by atoms with Gasteiger partial charge in [-0.3, -0.25) is 4.21 Å². The Morgan fingerprint density at radius 1 is 0.964 bits per heavy atom. The Morgan fingerprint density at radius 2 is 1.71 bits per heavy atom. The molecule has 0 amide bonds. The smallest absolute Gasteiger partial charge is 0.175 e. The van der Waals surface area contributed by atoms with Crippen LogP contribution in [0.3, 0.4) is 0 Å². The third-order valence-corrected chi connectivity index (χ3v) is 6.45. The fraction of sp³-hybridized carbons (Fsp3) is 0.100. The Labute approximate surface area is 165 Å². The average molecular weight is 412 g/mol. The van der Waals surface area contributed by atoms with Gasteiger partial charge < -0.3 is 0 Å². The van der Waals surface area contributed by atoms with Gasteiger partial charge in [-0.2, -0.15) is 5.10 Å². The van der Waals surface area contributed by atoms with Crippen LogP contribution < -0.4 is 0 Å². The fourth-order valence-corrected chi connectivity index (χ4v) is 4.11. The number of nitrogens with zero attached hydrogens (tertiary/aromatic N) is 3. The van der Waals surface area contributed by atoms with Crippen molar-refractivity contribution < 1.29 is 12.6 Å². The molecule has 2 heterocycles. The Hall–Kier alpha value is -2.84. The van der Waals surface area contributed by atoms with Gasteiger partial charge in [-0.25, -0.2) is 17.9 Å². The molecule has 0 aliphatic carbocycles. The number of hydrogen-bond donors (Lipinski definition) is 0. The summed E-state index contributed by atoms with van der Waals surface area (Å²) in [5, 5.41) is 4.66. The summed E-state index contributed by atoms with van der Waals surface area (Å²) in [6.07, 6.45) is 4.56. The summed E-state index contributed by atoms with van der Waals surface area (Å²) >= 11 is 0. The monoisotopic (exact) mass is 411 g/mol. The van der Waals surface area contributed by atoms with Crippen molar-refractivity contribution >= 4 is 26.3 Å². The van der Waals surface area contributed by atoms with E-state index in [1.54, 1.807) is 35.2 Å². The van der Waals surface area contributed by atoms with E-state index >= 15 is 0 Å². The van der Waals surface area contributed by atoms with Crippen molar-refractivity contribution in [2.45, 2.75) is 9.79 Å². The van der Waals surface area contributed by atoms with Gasteiger partial charge in [0.25, 0.3) is 0 Å². The van der Waals surface area contributed by atoms with Gasteiger partial charge in [-0.1, -0.05) is 24.3 Å². The van der Waals surface area contributed by atoms with Gasteiger partial charge >= 0.3 is 0 Å². The van der Waals surface area contributed by atoms with Crippen LogP contribution in [0.4, 0.5) is 0 Å². The van der Waals surface area contributed by atoms with E-state index in [9.17, 15) is 12.6 Å². The van der Waals surface area contributed by atoms with Crippen LogP contribution in [0.5, 0.6) is 0 Å². The summed E-state index contributed by atoms with van der Waals surface area (Å²) in [4.78, 5) is 5.39. The molecule has 0 aliphatic heterocycles. The third kappa shape index (κ3) is 3.48. The molecule has 2 aromatic heterocycles. The second-order valence-electron chi connectivity index (χ2n) is 6.41. The van der Waals surface area contributed by atoms with Crippen molar-refractivity contribution in [3.63, 3.8) is 0 Å². The molecule has 6 nitrogen and oxygen atoms in total. The predicted molar refractivity (Wildman–Crippen MR) is 109 cm³/mol. The van der Waals surface area contributed by atoms with E-state index in [0.717, 1.165) is 16.2 Å². The maximum atomic E-state index is 11.8. The zero-order valence-corrected chi connectivity index (χ0v) is 16.9. The summed E-state index contributed by atoms with van der Waals surface area (Å²) in [5.41, 5.74) is 3.73. The van der Waals surface area contributed by atoms with Crippen molar-refractivity contribution in [1.29, 1.82) is 0 Å². The lowest BCUT2D eigenvalue weighted by molar-refractivity contribution is 0.602. The molecule has 0 radical (unpaired) electrons. The number of rotatable bonds is 4. The van der Waals surface area contributed by atoms with Crippen LogP contribution in [0.25, 0.3) is 28.2 Å². The summed E-state index contributed by atoms with van der Waals surface area (Å²) in [5.74, 6) is 0. The second-order valence-corrected chi connectivity index (χ2v) is 9.81. The third-order valence-electron chi connectivity index (χ3n) is 4.40. The van der Waals surface area contributed by atoms with Gasteiger partial charge in [-0.15, -0.1) is 0 Å². The summed E-state index contributed by atoms with van der Waals surface area (Å²) in [7, 11) is -4.34. The van der Waals surface area contributed by atoms with Crippen LogP contribution in [-0.4, -0.2) is 39.7 Å². The molecule has 0 saturated carbocycles. The van der Waals surface area contributed by atoms with Crippen LogP contribution in [-0.2, 0) is 20.6 Å². The van der Waals surface area contributed by atoms with Gasteiger partial charge in [0.05, 0.1) is 22.5 Å². The number of fused-ring (bicyclic) bond motifs is 1. The molecular weight excluding hydrogens is 394 g/mol. The second kappa shape index (κ2) is 6.96. The number of aromatic nitrogens is 3. The van der Waals surface area contributed by atoms with Crippen LogP contribution in [0.1, 0.15) is 0 Å². The molecule has 0 aliphatic rings. The molecule has 4 rings (SSSR count). The molecule has 0 N–H and O–H groups in total. The largest absolute Gasteiger partial charge is 0.255 e. The minimum Gasteiger partial charge on any atom is -0.255 e. The number of hydrogen-bond acceptors (Lipinski definition) is 5. The van der Waals surface area contributed by atoms with Crippen LogP contribution in [0, 0.1) is 0 Å². The molecular formula is C20H17N3O3S2. The van der Waals surface area contributed by atoms with Gasteiger partial charge in [-0.05, 0) is 36.4 Å². The van der Waals surface area contributed by atoms with E-state index in [-0.39, 0.29) is 4.90 Å². The molecule has 4 aromatic rings. The first-order valence-electron chi connectivity index (χ1n) is 8.42. The molecule has 1 unspecified atom stereocenters. The van der Waals surface area contributed by atoms with Gasteiger partial charge in [0.15, 0.2) is 15.5 Å². The summed E-state index contributed by atoms with van der Waals surface area (Å²) < 4.78 is 37.0. The maximum absolute atomic E-state index is 11.8. The van der Waals surface area contributed by atoms with Gasteiger partial charge in [0.2, 0.25) is 0 Å². The van der Waals surface area contributed by atoms with Crippen LogP contribution in [0.15, 0.2) is 76.7 Å². The lowest BCUT2D eigenvalue weighted by atomic mass is 10.1. The first kappa shape index (κ1) is 18.5. The predicted octanol–water partition coefficient (Wildman–Crippen LogP) is 3.20. The Balaban J connectivity index is 1.82. The Kier molecular flexibility index (Phi) is 4.60. The lowest BCUT2D eigenvalue weighted by Gasteiger charge is -2.06. The maximum Gasteiger partial charge on any atom is 0.175 e. The topological polar surface area (TPSA) is 81.4 Å². The van der Waals surface area contributed by atoms with Crippen LogP contribution in [0.2, 0.25) is 0 Å². The Morgan fingerprint density at radius 3 is 2.39 bits per heavy atom. The Bertz CT molecular complexity index is 1310. The van der Waals surface area contributed by atoms with Gasteiger partial charge in [0, 0.05) is 39.3 Å². The van der Waals surface area contributed by atoms with Crippen LogP contribution >= 0.6 is 0 Å². The minimum absolute atomic E-state index is 0.251. The highest BCUT2D eigenvalue weighted by molar-refractivity contribution is 7.90. The van der Waals surface area contributed by atoms with E-state index in [1.165, 1.54) is 6.26 Å². The highest BCUT2D eigenvalue weighted by Crippen LogP contribution is 2.25. The summed E-state index contributed by atoms with van der Waals surface area (Å²) in [6, 6.07) is 17.8. The van der Waals surface area contributed by atoms with Crippen molar-refractivity contribution in [3.05, 3.63) is 66.9 Å². The number of sulfone groups is 1. The SMILES string of the molecule is CS(=O)c1ccc(-c2cnc3ccc(-c4cccc(S(C)(=O)=O)c4)nn23)cc1. The molecule has 28 heavy (non-hydrogen) atoms.